The number of nitrogens with zero attached hydrogens (tertiary/aromatic N) is 4. The fourth-order valence-electron chi connectivity index (χ4n) is 8.02. The van der Waals surface area contributed by atoms with E-state index < -0.39 is 0 Å². The van der Waals surface area contributed by atoms with Crippen LogP contribution in [-0.4, -0.2) is 15.0 Å². The maximum atomic E-state index is 6.65. The Kier molecular flexibility index (Phi) is 8.07. The van der Waals surface area contributed by atoms with Gasteiger partial charge in [0.05, 0.1) is 5.69 Å². The largest absolute Gasteiger partial charge is 0.455 e. The molecule has 0 fully saturated rings. The molecule has 0 aliphatic carbocycles. The number of hydrogen-bond acceptors (Lipinski definition) is 5. The number of rotatable bonds is 7. The minimum atomic E-state index is 0.591. The van der Waals surface area contributed by atoms with E-state index in [0.29, 0.717) is 17.5 Å². The minimum absolute atomic E-state index is 0.591. The number of benzene rings is 9. The summed E-state index contributed by atoms with van der Waals surface area (Å²) in [6.07, 6.45) is 0. The molecule has 0 saturated carbocycles. The Morgan fingerprint density at radius 1 is 0.328 bits per heavy atom. The Labute approximate surface area is 335 Å². The summed E-state index contributed by atoms with van der Waals surface area (Å²) in [7, 11) is 0. The third-order valence-corrected chi connectivity index (χ3v) is 10.9. The molecule has 272 valence electrons. The molecule has 0 aliphatic rings. The lowest BCUT2D eigenvalue weighted by Gasteiger charge is -2.27. The molecule has 11 rings (SSSR count). The molecule has 58 heavy (non-hydrogen) atoms. The van der Waals surface area contributed by atoms with Gasteiger partial charge in [-0.3, -0.25) is 0 Å². The molecule has 0 bridgehead atoms. The number of furan rings is 1. The summed E-state index contributed by atoms with van der Waals surface area (Å²) in [6, 6.07) is 71.7. The van der Waals surface area contributed by atoms with E-state index in [-0.39, 0.29) is 0 Å². The van der Waals surface area contributed by atoms with Gasteiger partial charge in [-0.05, 0) is 76.5 Å². The monoisotopic (exact) mass is 742 g/mol. The van der Waals surface area contributed by atoms with Crippen molar-refractivity contribution in [1.82, 2.24) is 15.0 Å². The number of aromatic nitrogens is 3. The Hall–Kier alpha value is -7.89. The van der Waals surface area contributed by atoms with E-state index in [1.54, 1.807) is 0 Å². The number of anilines is 3. The molecule has 0 unspecified atom stereocenters. The molecular weight excluding hydrogens is 709 g/mol. The molecule has 5 heteroatoms. The van der Waals surface area contributed by atoms with Gasteiger partial charge in [-0.15, -0.1) is 0 Å². The first-order chi connectivity index (χ1) is 28.7. The fourth-order valence-corrected chi connectivity index (χ4v) is 8.02. The Bertz CT molecular complexity index is 3270. The summed E-state index contributed by atoms with van der Waals surface area (Å²) in [4.78, 5) is 17.7. The van der Waals surface area contributed by atoms with Gasteiger partial charge in [0.15, 0.2) is 17.5 Å². The van der Waals surface area contributed by atoms with Crippen molar-refractivity contribution in [2.45, 2.75) is 0 Å². The van der Waals surface area contributed by atoms with Crippen LogP contribution >= 0.6 is 0 Å². The Morgan fingerprint density at radius 3 is 1.60 bits per heavy atom. The number of fused-ring (bicyclic) bond motifs is 6. The van der Waals surface area contributed by atoms with Gasteiger partial charge >= 0.3 is 0 Å². The van der Waals surface area contributed by atoms with Crippen LogP contribution in [0.5, 0.6) is 0 Å². The van der Waals surface area contributed by atoms with Crippen LogP contribution in [0.15, 0.2) is 211 Å². The van der Waals surface area contributed by atoms with E-state index in [0.717, 1.165) is 77.4 Å². The van der Waals surface area contributed by atoms with E-state index in [1.165, 1.54) is 10.9 Å². The molecule has 0 amide bonds. The highest BCUT2D eigenvalue weighted by Crippen LogP contribution is 2.45. The van der Waals surface area contributed by atoms with E-state index in [9.17, 15) is 0 Å². The molecule has 0 saturated heterocycles. The van der Waals surface area contributed by atoms with Crippen LogP contribution in [0.4, 0.5) is 17.1 Å². The summed E-state index contributed by atoms with van der Waals surface area (Å²) in [6.45, 7) is 0. The van der Waals surface area contributed by atoms with Gasteiger partial charge in [0, 0.05) is 49.6 Å². The first-order valence-electron chi connectivity index (χ1n) is 19.4. The molecule has 2 heterocycles. The van der Waals surface area contributed by atoms with Crippen LogP contribution in [0.25, 0.3) is 88.8 Å². The quantitative estimate of drug-likeness (QED) is 0.163. The van der Waals surface area contributed by atoms with Crippen molar-refractivity contribution < 1.29 is 4.42 Å². The second-order valence-corrected chi connectivity index (χ2v) is 14.4. The second-order valence-electron chi connectivity index (χ2n) is 14.4. The SMILES string of the molecule is c1ccc(-c2ccc(N(c3ccccc3)c3cc4c5ccccc5oc4c4ccc(-c5nc(-c6ccccc6)nc(-c6ccc7ccccc7c6)n5)cc34)cc2)cc1. The molecule has 0 atom stereocenters. The summed E-state index contributed by atoms with van der Waals surface area (Å²) in [5.74, 6) is 1.83. The summed E-state index contributed by atoms with van der Waals surface area (Å²) < 4.78 is 6.65. The zero-order valence-electron chi connectivity index (χ0n) is 31.3. The van der Waals surface area contributed by atoms with Crippen molar-refractivity contribution in [3.8, 4) is 45.3 Å². The van der Waals surface area contributed by atoms with Crippen LogP contribution in [0, 0.1) is 0 Å². The van der Waals surface area contributed by atoms with Gasteiger partial charge in [0.2, 0.25) is 0 Å². The predicted octanol–water partition coefficient (Wildman–Crippen LogP) is 14.2. The number of hydrogen-bond donors (Lipinski definition) is 0. The van der Waals surface area contributed by atoms with Crippen LogP contribution in [0.1, 0.15) is 0 Å². The van der Waals surface area contributed by atoms with Gasteiger partial charge < -0.3 is 9.32 Å². The maximum Gasteiger partial charge on any atom is 0.164 e. The van der Waals surface area contributed by atoms with Gasteiger partial charge in [0.1, 0.15) is 11.2 Å². The van der Waals surface area contributed by atoms with Crippen molar-refractivity contribution in [2.75, 3.05) is 4.90 Å². The molecule has 0 N–H and O–H groups in total. The fraction of sp³-hybridized carbons (Fsp3) is 0. The lowest BCUT2D eigenvalue weighted by Crippen LogP contribution is -2.10. The molecule has 11 aromatic rings. The van der Waals surface area contributed by atoms with E-state index in [2.05, 4.69) is 163 Å². The molecule has 0 radical (unpaired) electrons. The van der Waals surface area contributed by atoms with Crippen molar-refractivity contribution in [3.63, 3.8) is 0 Å². The van der Waals surface area contributed by atoms with Crippen LogP contribution in [-0.2, 0) is 0 Å². The predicted molar refractivity (Wildman–Crippen MR) is 239 cm³/mol. The summed E-state index contributed by atoms with van der Waals surface area (Å²) >= 11 is 0. The number of para-hydroxylation sites is 2. The van der Waals surface area contributed by atoms with Gasteiger partial charge in [0.25, 0.3) is 0 Å². The Balaban J connectivity index is 1.15. The average molecular weight is 743 g/mol. The van der Waals surface area contributed by atoms with Crippen molar-refractivity contribution in [3.05, 3.63) is 206 Å². The molecule has 9 aromatic carbocycles. The first kappa shape index (κ1) is 33.4. The van der Waals surface area contributed by atoms with Gasteiger partial charge in [-0.1, -0.05) is 152 Å². The third-order valence-electron chi connectivity index (χ3n) is 10.9. The summed E-state index contributed by atoms with van der Waals surface area (Å²) in [5, 5.41) is 6.43. The van der Waals surface area contributed by atoms with Crippen LogP contribution in [0.2, 0.25) is 0 Å². The van der Waals surface area contributed by atoms with Gasteiger partial charge in [-0.2, -0.15) is 0 Å². The van der Waals surface area contributed by atoms with E-state index in [4.69, 9.17) is 19.4 Å². The molecular formula is C53H34N4O. The molecule has 5 nitrogen and oxygen atoms in total. The highest BCUT2D eigenvalue weighted by atomic mass is 16.3. The van der Waals surface area contributed by atoms with Crippen LogP contribution in [0.3, 0.4) is 0 Å². The third kappa shape index (κ3) is 5.94. The second kappa shape index (κ2) is 14.0. The zero-order valence-corrected chi connectivity index (χ0v) is 31.3. The molecule has 0 aliphatic heterocycles. The lowest BCUT2D eigenvalue weighted by molar-refractivity contribution is 0.672. The van der Waals surface area contributed by atoms with Crippen LogP contribution < -0.4 is 4.90 Å². The lowest BCUT2D eigenvalue weighted by atomic mass is 9.99. The molecule has 0 spiro atoms. The summed E-state index contributed by atoms with van der Waals surface area (Å²) in [5.41, 5.74) is 9.85. The van der Waals surface area contributed by atoms with E-state index in [1.807, 2.05) is 48.5 Å². The van der Waals surface area contributed by atoms with Gasteiger partial charge in [-0.25, -0.2) is 15.0 Å². The molecule has 2 aromatic heterocycles. The smallest absolute Gasteiger partial charge is 0.164 e. The highest BCUT2D eigenvalue weighted by Gasteiger charge is 2.22. The van der Waals surface area contributed by atoms with Crippen molar-refractivity contribution in [2.24, 2.45) is 0 Å². The maximum absolute atomic E-state index is 6.65. The van der Waals surface area contributed by atoms with Crippen molar-refractivity contribution in [1.29, 1.82) is 0 Å². The normalized spacial score (nSPS) is 11.4. The zero-order chi connectivity index (χ0) is 38.4. The van der Waals surface area contributed by atoms with Crippen molar-refractivity contribution >= 4 is 60.5 Å². The van der Waals surface area contributed by atoms with E-state index >= 15 is 0 Å². The Morgan fingerprint density at radius 2 is 0.862 bits per heavy atom. The minimum Gasteiger partial charge on any atom is -0.455 e. The first-order valence-corrected chi connectivity index (χ1v) is 19.4. The topological polar surface area (TPSA) is 55.1 Å². The highest BCUT2D eigenvalue weighted by molar-refractivity contribution is 6.20. The standard InChI is InChI=1S/C53H34N4O/c1-4-14-35(15-5-1)37-26-29-43(30-27-37)57(42-20-8-3-9-21-42)48-34-47-44-22-12-13-23-49(44)58-50(47)45-31-28-41(33-46(45)48)53-55-51(38-17-6-2-7-18-38)54-52(56-53)40-25-24-36-16-10-11-19-39(36)32-40/h1-34H. The average Bonchev–Trinajstić information content (AvgIpc) is 3.68.